The summed E-state index contributed by atoms with van der Waals surface area (Å²) >= 11 is 0. The Morgan fingerprint density at radius 1 is 1.43 bits per heavy atom. The van der Waals surface area contributed by atoms with Gasteiger partial charge in [0.25, 0.3) is 5.69 Å². The van der Waals surface area contributed by atoms with Crippen LogP contribution in [-0.4, -0.2) is 15.7 Å². The van der Waals surface area contributed by atoms with Crippen molar-refractivity contribution in [3.63, 3.8) is 0 Å². The summed E-state index contributed by atoms with van der Waals surface area (Å²) in [5, 5.41) is 18.1. The van der Waals surface area contributed by atoms with E-state index in [1.807, 2.05) is 0 Å². The Kier molecular flexibility index (Phi) is 4.13. The predicted octanol–water partition coefficient (Wildman–Crippen LogP) is 2.16. The molecule has 0 amide bonds. The number of aromatic nitrogens is 1. The Bertz CT molecular complexity index is 700. The van der Waals surface area contributed by atoms with Gasteiger partial charge in [-0.25, -0.2) is 0 Å². The zero-order chi connectivity index (χ0) is 15.4. The fourth-order valence-corrected chi connectivity index (χ4v) is 1.80. The minimum Gasteiger partial charge on any atom is -0.489 e. The third kappa shape index (κ3) is 3.53. The van der Waals surface area contributed by atoms with Gasteiger partial charge in [0, 0.05) is 17.8 Å². The standard InChI is InChI=1S/C14H14N4O3/c1-9-6-11(2-3-13(9)18(19)20)21-8-10-4-5-17-12(7-10)14(15)16/h2-7H,8H2,1H3,(H3,15,16). The number of nitrogens with one attached hydrogen (secondary N) is 1. The molecule has 0 bridgehead atoms. The lowest BCUT2D eigenvalue weighted by molar-refractivity contribution is -0.385. The summed E-state index contributed by atoms with van der Waals surface area (Å²) in [6, 6.07) is 8.01. The first-order valence-corrected chi connectivity index (χ1v) is 6.14. The Balaban J connectivity index is 2.10. The third-order valence-corrected chi connectivity index (χ3v) is 2.87. The van der Waals surface area contributed by atoms with E-state index in [-0.39, 0.29) is 18.1 Å². The van der Waals surface area contributed by atoms with Gasteiger partial charge in [-0.2, -0.15) is 0 Å². The first kappa shape index (κ1) is 14.4. The van der Waals surface area contributed by atoms with E-state index in [1.165, 1.54) is 6.07 Å². The quantitative estimate of drug-likeness (QED) is 0.378. The number of pyridine rings is 1. The molecule has 0 spiro atoms. The van der Waals surface area contributed by atoms with E-state index in [0.717, 1.165) is 5.56 Å². The summed E-state index contributed by atoms with van der Waals surface area (Å²) < 4.78 is 5.58. The molecule has 0 aliphatic carbocycles. The van der Waals surface area contributed by atoms with Crippen LogP contribution in [0.5, 0.6) is 5.75 Å². The van der Waals surface area contributed by atoms with Gasteiger partial charge in [-0.1, -0.05) is 0 Å². The molecule has 2 aromatic rings. The number of nitro groups is 1. The fraction of sp³-hybridized carbons (Fsp3) is 0.143. The Morgan fingerprint density at radius 3 is 2.81 bits per heavy atom. The highest BCUT2D eigenvalue weighted by atomic mass is 16.6. The first-order chi connectivity index (χ1) is 9.97. The van der Waals surface area contributed by atoms with Crippen molar-refractivity contribution < 1.29 is 9.66 Å². The van der Waals surface area contributed by atoms with Crippen LogP contribution in [0.15, 0.2) is 36.5 Å². The number of ether oxygens (including phenoxy) is 1. The highest BCUT2D eigenvalue weighted by Crippen LogP contribution is 2.23. The summed E-state index contributed by atoms with van der Waals surface area (Å²) in [4.78, 5) is 14.3. The van der Waals surface area contributed by atoms with Crippen molar-refractivity contribution in [2.24, 2.45) is 5.73 Å². The number of rotatable bonds is 5. The van der Waals surface area contributed by atoms with Crippen molar-refractivity contribution in [1.29, 1.82) is 5.41 Å². The number of hydrogen-bond acceptors (Lipinski definition) is 5. The summed E-state index contributed by atoms with van der Waals surface area (Å²) in [5.41, 5.74) is 7.17. The molecule has 7 heteroatoms. The number of nitro benzene ring substituents is 1. The van der Waals surface area contributed by atoms with Crippen molar-refractivity contribution >= 4 is 11.5 Å². The molecule has 7 nitrogen and oxygen atoms in total. The van der Waals surface area contributed by atoms with E-state index >= 15 is 0 Å². The van der Waals surface area contributed by atoms with E-state index in [1.54, 1.807) is 37.4 Å². The fourth-order valence-electron chi connectivity index (χ4n) is 1.80. The maximum absolute atomic E-state index is 10.7. The maximum atomic E-state index is 10.7. The molecule has 1 heterocycles. The van der Waals surface area contributed by atoms with E-state index in [0.29, 0.717) is 17.0 Å². The second-order valence-corrected chi connectivity index (χ2v) is 4.46. The lowest BCUT2D eigenvalue weighted by Gasteiger charge is -2.08. The van der Waals surface area contributed by atoms with E-state index < -0.39 is 4.92 Å². The average molecular weight is 286 g/mol. The number of benzene rings is 1. The van der Waals surface area contributed by atoms with Gasteiger partial charge in [-0.05, 0) is 36.8 Å². The van der Waals surface area contributed by atoms with Crippen LogP contribution in [0.25, 0.3) is 0 Å². The lowest BCUT2D eigenvalue weighted by Crippen LogP contribution is -2.13. The van der Waals surface area contributed by atoms with Gasteiger partial charge < -0.3 is 10.5 Å². The average Bonchev–Trinajstić information content (AvgIpc) is 2.45. The molecular weight excluding hydrogens is 272 g/mol. The topological polar surface area (TPSA) is 115 Å². The normalized spacial score (nSPS) is 10.1. The van der Waals surface area contributed by atoms with E-state index in [9.17, 15) is 10.1 Å². The predicted molar refractivity (Wildman–Crippen MR) is 77.4 cm³/mol. The molecule has 108 valence electrons. The second kappa shape index (κ2) is 6.00. The van der Waals surface area contributed by atoms with Crippen molar-refractivity contribution in [1.82, 2.24) is 4.98 Å². The summed E-state index contributed by atoms with van der Waals surface area (Å²) in [6.07, 6.45) is 1.55. The molecular formula is C14H14N4O3. The number of nitrogens with two attached hydrogens (primary N) is 1. The van der Waals surface area contributed by atoms with E-state index in [2.05, 4.69) is 4.98 Å². The summed E-state index contributed by atoms with van der Waals surface area (Å²) in [7, 11) is 0. The van der Waals surface area contributed by atoms with Crippen LogP contribution in [0.3, 0.4) is 0 Å². The molecule has 3 N–H and O–H groups in total. The van der Waals surface area contributed by atoms with Crippen molar-refractivity contribution in [3.8, 4) is 5.75 Å². The van der Waals surface area contributed by atoms with Crippen molar-refractivity contribution in [2.45, 2.75) is 13.5 Å². The summed E-state index contributed by atoms with van der Waals surface area (Å²) in [5.74, 6) is 0.433. The smallest absolute Gasteiger partial charge is 0.272 e. The van der Waals surface area contributed by atoms with Crippen molar-refractivity contribution in [3.05, 3.63) is 63.5 Å². The summed E-state index contributed by atoms with van der Waals surface area (Å²) in [6.45, 7) is 1.92. The Morgan fingerprint density at radius 2 is 2.19 bits per heavy atom. The minimum atomic E-state index is -0.429. The second-order valence-electron chi connectivity index (χ2n) is 4.46. The monoisotopic (exact) mass is 286 g/mol. The van der Waals surface area contributed by atoms with Crippen LogP contribution < -0.4 is 10.5 Å². The van der Waals surface area contributed by atoms with Crippen LogP contribution in [-0.2, 0) is 6.61 Å². The minimum absolute atomic E-state index is 0.0603. The number of aryl methyl sites for hydroxylation is 1. The van der Waals surface area contributed by atoms with Crippen molar-refractivity contribution in [2.75, 3.05) is 0 Å². The van der Waals surface area contributed by atoms with Gasteiger partial charge in [0.15, 0.2) is 0 Å². The number of amidine groups is 1. The molecule has 0 radical (unpaired) electrons. The molecule has 1 aromatic heterocycles. The van der Waals surface area contributed by atoms with Gasteiger partial charge >= 0.3 is 0 Å². The Hall–Kier alpha value is -2.96. The SMILES string of the molecule is Cc1cc(OCc2ccnc(C(=N)N)c2)ccc1[N+](=O)[O-]. The number of nitrogens with zero attached hydrogens (tertiary/aromatic N) is 2. The third-order valence-electron chi connectivity index (χ3n) is 2.87. The zero-order valence-electron chi connectivity index (χ0n) is 11.4. The van der Waals surface area contributed by atoms with Crippen LogP contribution in [0, 0.1) is 22.4 Å². The van der Waals surface area contributed by atoms with Gasteiger partial charge in [0.05, 0.1) is 4.92 Å². The molecule has 0 saturated carbocycles. The number of hydrogen-bond donors (Lipinski definition) is 2. The van der Waals surface area contributed by atoms with Gasteiger partial charge in [-0.15, -0.1) is 0 Å². The maximum Gasteiger partial charge on any atom is 0.272 e. The lowest BCUT2D eigenvalue weighted by atomic mass is 10.2. The molecule has 0 aliphatic rings. The van der Waals surface area contributed by atoms with Gasteiger partial charge in [0.1, 0.15) is 23.9 Å². The molecule has 21 heavy (non-hydrogen) atoms. The largest absolute Gasteiger partial charge is 0.489 e. The zero-order valence-corrected chi connectivity index (χ0v) is 11.4. The van der Waals surface area contributed by atoms with Crippen LogP contribution >= 0.6 is 0 Å². The van der Waals surface area contributed by atoms with E-state index in [4.69, 9.17) is 15.9 Å². The molecule has 2 rings (SSSR count). The van der Waals surface area contributed by atoms with Crippen LogP contribution in [0.2, 0.25) is 0 Å². The van der Waals surface area contributed by atoms with Crippen LogP contribution in [0.1, 0.15) is 16.8 Å². The van der Waals surface area contributed by atoms with Gasteiger partial charge in [0.2, 0.25) is 0 Å². The molecule has 0 unspecified atom stereocenters. The van der Waals surface area contributed by atoms with Gasteiger partial charge in [-0.3, -0.25) is 20.5 Å². The Labute approximate surface area is 121 Å². The molecule has 0 saturated heterocycles. The first-order valence-electron chi connectivity index (χ1n) is 6.14. The van der Waals surface area contributed by atoms with Crippen LogP contribution in [0.4, 0.5) is 5.69 Å². The number of nitrogen functional groups attached to an aromatic ring is 1. The molecule has 0 fully saturated rings. The molecule has 0 atom stereocenters. The highest BCUT2D eigenvalue weighted by Gasteiger charge is 2.10. The molecule has 1 aromatic carbocycles. The highest BCUT2D eigenvalue weighted by molar-refractivity contribution is 5.93. The molecule has 0 aliphatic heterocycles.